The van der Waals surface area contributed by atoms with Crippen LogP contribution in [0.25, 0.3) is 62.7 Å². The highest BCUT2D eigenvalue weighted by Gasteiger charge is 2.57. The molecule has 0 aromatic rings. The Kier molecular flexibility index (Phi) is 14.8. The average Bonchev–Trinajstić information content (AvgIpc) is 3.43. The fourth-order valence-electron chi connectivity index (χ4n) is 6.39. The number of aliphatic hydroxyl groups is 5. The summed E-state index contributed by atoms with van der Waals surface area (Å²) in [5, 5.41) is 73.9. The van der Waals surface area contributed by atoms with Crippen molar-refractivity contribution in [1.29, 1.82) is 0 Å². The number of hydrogen-bond acceptors (Lipinski definition) is 17. The van der Waals surface area contributed by atoms with Gasteiger partial charge < -0.3 is 54.0 Å². The van der Waals surface area contributed by atoms with Crippen LogP contribution in [-0.2, 0) is 28.4 Å². The molecule has 294 valence electrons. The molecule has 0 spiro atoms. The van der Waals surface area contributed by atoms with Crippen LogP contribution in [0, 0.1) is 0 Å². The first-order valence-electron chi connectivity index (χ1n) is 15.7. The average molecular weight is 775 g/mol. The van der Waals surface area contributed by atoms with E-state index in [1.165, 1.54) is 0 Å². The Hall–Kier alpha value is -4.72. The largest absolute Gasteiger partial charge is 0.394 e. The van der Waals surface area contributed by atoms with Crippen molar-refractivity contribution in [2.75, 3.05) is 19.7 Å². The van der Waals surface area contributed by atoms with E-state index < -0.39 is 143 Å². The van der Waals surface area contributed by atoms with Crippen LogP contribution in [0.4, 0.5) is 8.78 Å². The van der Waals surface area contributed by atoms with Gasteiger partial charge in [-0.25, -0.2) is 8.78 Å². The third kappa shape index (κ3) is 9.31. The molecule has 1 aliphatic carbocycles. The summed E-state index contributed by atoms with van der Waals surface area (Å²) in [6, 6.07) is -6.98. The van der Waals surface area contributed by atoms with Crippen LogP contribution in [0.2, 0.25) is 0 Å². The molecule has 0 amide bonds. The summed E-state index contributed by atoms with van der Waals surface area (Å²) in [7, 11) is 0. The first kappa shape index (κ1) is 42.0. The van der Waals surface area contributed by atoms with Gasteiger partial charge in [0.15, 0.2) is 24.9 Å². The molecule has 4 rings (SSSR count). The van der Waals surface area contributed by atoms with Crippen LogP contribution >= 0.6 is 0 Å². The van der Waals surface area contributed by atoms with Gasteiger partial charge in [-0.1, -0.05) is 30.7 Å². The van der Waals surface area contributed by atoms with Crippen LogP contribution in [-0.4, -0.2) is 155 Å². The second-order valence-corrected chi connectivity index (χ2v) is 12.1. The summed E-state index contributed by atoms with van der Waals surface area (Å²) in [4.78, 5) is 15.4. The second-order valence-electron chi connectivity index (χ2n) is 12.1. The maximum absolute atomic E-state index is 15.3. The standard InChI is InChI=1S/C23H32F2N18O11/c24-23(25)2-6(3-32-38-26)49-22(19(23)37-43-31)52-16-8(35-41-29)1-7(34-40-28)12(45)18(16)54-21-15(48)17(10(5-44)51-21)53-20-11(36-42-30)14(47)13(46)9(50-20)4-33-39-27/h6-22,44-48H,1-5H2/t6-,7?,8?,9-,10+,11?,12-,13+,14+,15+,16+,17+,18+,19?,20+,21-,22+/m0/s1. The van der Waals surface area contributed by atoms with E-state index in [1.807, 2.05) is 0 Å². The summed E-state index contributed by atoms with van der Waals surface area (Å²) >= 11 is 0. The molecule has 4 aliphatic rings. The molecular formula is C23H32F2N18O11. The van der Waals surface area contributed by atoms with E-state index in [4.69, 9.17) is 56.1 Å². The van der Waals surface area contributed by atoms with Crippen molar-refractivity contribution in [1.82, 2.24) is 0 Å². The molecule has 0 aromatic heterocycles. The quantitative estimate of drug-likeness (QED) is 0.0901. The van der Waals surface area contributed by atoms with Gasteiger partial charge in [-0.15, -0.1) is 0 Å². The summed E-state index contributed by atoms with van der Waals surface area (Å²) < 4.78 is 64.7. The molecule has 31 heteroatoms. The van der Waals surface area contributed by atoms with E-state index in [-0.39, 0.29) is 0 Å². The third-order valence-corrected chi connectivity index (χ3v) is 8.88. The van der Waals surface area contributed by atoms with Crippen LogP contribution in [0.5, 0.6) is 0 Å². The molecule has 0 radical (unpaired) electrons. The van der Waals surface area contributed by atoms with E-state index in [1.54, 1.807) is 0 Å². The minimum absolute atomic E-state index is 0.457. The lowest BCUT2D eigenvalue weighted by atomic mass is 9.84. The van der Waals surface area contributed by atoms with Gasteiger partial charge in [0.1, 0.15) is 36.6 Å². The minimum atomic E-state index is -3.82. The first-order valence-corrected chi connectivity index (χ1v) is 15.7. The van der Waals surface area contributed by atoms with E-state index in [0.29, 0.717) is 0 Å². The maximum Gasteiger partial charge on any atom is 0.264 e. The third-order valence-electron chi connectivity index (χ3n) is 8.88. The first-order chi connectivity index (χ1) is 25.9. The molecule has 1 saturated carbocycles. The fraction of sp³-hybridized carbons (Fsp3) is 1.00. The Bertz CT molecular complexity index is 1620. The highest BCUT2D eigenvalue weighted by Crippen LogP contribution is 2.41. The van der Waals surface area contributed by atoms with E-state index in [0.717, 1.165) is 0 Å². The van der Waals surface area contributed by atoms with E-state index in [9.17, 15) is 31.1 Å². The molecule has 3 saturated heterocycles. The topological polar surface area (TPSA) is 449 Å². The van der Waals surface area contributed by atoms with Crippen molar-refractivity contribution in [2.45, 2.75) is 123 Å². The number of ether oxygens (including phenoxy) is 6. The van der Waals surface area contributed by atoms with Crippen molar-refractivity contribution in [2.24, 2.45) is 30.7 Å². The van der Waals surface area contributed by atoms with Gasteiger partial charge in [-0.05, 0) is 39.6 Å². The molecule has 17 atom stereocenters. The molecule has 3 heterocycles. The Morgan fingerprint density at radius 2 is 1.20 bits per heavy atom. The van der Waals surface area contributed by atoms with Crippen LogP contribution in [0.15, 0.2) is 30.7 Å². The smallest absolute Gasteiger partial charge is 0.264 e. The van der Waals surface area contributed by atoms with Gasteiger partial charge in [0.25, 0.3) is 5.92 Å². The molecule has 29 nitrogen and oxygen atoms in total. The summed E-state index contributed by atoms with van der Waals surface area (Å²) in [6.07, 6.45) is -24.8. The zero-order chi connectivity index (χ0) is 39.6. The minimum Gasteiger partial charge on any atom is -0.394 e. The van der Waals surface area contributed by atoms with Crippen molar-refractivity contribution in [3.05, 3.63) is 62.7 Å². The summed E-state index contributed by atoms with van der Waals surface area (Å²) in [5.74, 6) is -3.82. The Morgan fingerprint density at radius 3 is 1.83 bits per heavy atom. The highest BCUT2D eigenvalue weighted by atomic mass is 19.3. The van der Waals surface area contributed by atoms with Crippen LogP contribution < -0.4 is 0 Å². The predicted molar refractivity (Wildman–Crippen MR) is 166 cm³/mol. The number of nitrogens with zero attached hydrogens (tertiary/aromatic N) is 18. The molecule has 4 fully saturated rings. The highest BCUT2D eigenvalue weighted by molar-refractivity contribution is 5.04. The Balaban J connectivity index is 1.67. The molecule has 54 heavy (non-hydrogen) atoms. The van der Waals surface area contributed by atoms with Gasteiger partial charge in [0, 0.05) is 35.9 Å². The van der Waals surface area contributed by atoms with Crippen molar-refractivity contribution < 1.29 is 62.7 Å². The van der Waals surface area contributed by atoms with Crippen molar-refractivity contribution in [3.8, 4) is 0 Å². The van der Waals surface area contributed by atoms with Crippen molar-refractivity contribution >= 4 is 0 Å². The normalized spacial score (nSPS) is 41.3. The monoisotopic (exact) mass is 774 g/mol. The molecular weight excluding hydrogens is 742 g/mol. The molecule has 0 aromatic carbocycles. The predicted octanol–water partition coefficient (Wildman–Crippen LogP) is 1.52. The lowest BCUT2D eigenvalue weighted by Gasteiger charge is -2.46. The zero-order valence-electron chi connectivity index (χ0n) is 27.3. The number of halogens is 2. The zero-order valence-corrected chi connectivity index (χ0v) is 27.3. The summed E-state index contributed by atoms with van der Waals surface area (Å²) in [5.41, 5.74) is 54.0. The van der Waals surface area contributed by atoms with E-state index >= 15 is 8.78 Å². The Labute approximate surface area is 299 Å². The van der Waals surface area contributed by atoms with Gasteiger partial charge >= 0.3 is 0 Å². The lowest BCUT2D eigenvalue weighted by molar-refractivity contribution is -0.308. The second kappa shape index (κ2) is 19.0. The maximum atomic E-state index is 15.3. The fourth-order valence-corrected chi connectivity index (χ4v) is 6.39. The van der Waals surface area contributed by atoms with Gasteiger partial charge in [0.05, 0.1) is 62.3 Å². The molecule has 4 unspecified atom stereocenters. The van der Waals surface area contributed by atoms with Crippen LogP contribution in [0.1, 0.15) is 12.8 Å². The number of alkyl halides is 2. The number of azide groups is 6. The molecule has 0 bridgehead atoms. The number of rotatable bonds is 15. The van der Waals surface area contributed by atoms with Gasteiger partial charge in [0.2, 0.25) is 0 Å². The van der Waals surface area contributed by atoms with Crippen LogP contribution in [0.3, 0.4) is 0 Å². The summed E-state index contributed by atoms with van der Waals surface area (Å²) in [6.45, 7) is -2.05. The SMILES string of the molecule is [N-]=[N+]=NC[C@@H]1CC(F)(F)C(N=[N+]=[N-])[C@@H](O[C@@H]2C(N=[N+]=[N-])CC(N=[N+]=[N-])[C@H](O)[C@H]2O[C@@H]2O[C@H](CO)[C@@H](O[C@H]3O[C@@H](CN=[N+]=[N-])[C@@H](O)[C@H](O)C3N=[N+]=[N-])[C@H]2O)O1. The Morgan fingerprint density at radius 1 is 0.611 bits per heavy atom. The molecule has 3 aliphatic heterocycles. The van der Waals surface area contributed by atoms with Gasteiger partial charge in [-0.2, -0.15) is 0 Å². The van der Waals surface area contributed by atoms with Crippen molar-refractivity contribution in [3.63, 3.8) is 0 Å². The lowest BCUT2D eigenvalue weighted by Crippen LogP contribution is -2.62. The molecule has 5 N–H and O–H groups in total. The van der Waals surface area contributed by atoms with E-state index in [2.05, 4.69) is 60.2 Å². The number of aliphatic hydroxyl groups excluding tert-OH is 5. The number of hydrogen-bond donors (Lipinski definition) is 5. The van der Waals surface area contributed by atoms with Gasteiger partial charge in [-0.3, -0.25) is 0 Å².